The lowest BCUT2D eigenvalue weighted by molar-refractivity contribution is -0.118. The Labute approximate surface area is 138 Å². The van der Waals surface area contributed by atoms with E-state index >= 15 is 0 Å². The Balaban J connectivity index is 1.81. The van der Waals surface area contributed by atoms with Gasteiger partial charge in [0.2, 0.25) is 5.91 Å². The lowest BCUT2D eigenvalue weighted by Crippen LogP contribution is -2.40. The van der Waals surface area contributed by atoms with Crippen LogP contribution >= 0.6 is 11.8 Å². The maximum absolute atomic E-state index is 13.8. The first-order valence-corrected chi connectivity index (χ1v) is 8.38. The molecular weight excluding hydrogens is 316 g/mol. The third kappa shape index (κ3) is 3.11. The molecule has 2 nitrogen and oxygen atoms in total. The zero-order valence-electron chi connectivity index (χ0n) is 12.9. The van der Waals surface area contributed by atoms with Gasteiger partial charge < -0.3 is 4.90 Å². The van der Waals surface area contributed by atoms with Gasteiger partial charge in [0.05, 0.1) is 5.25 Å². The summed E-state index contributed by atoms with van der Waals surface area (Å²) >= 11 is 1.05. The van der Waals surface area contributed by atoms with Gasteiger partial charge in [0.25, 0.3) is 0 Å². The average Bonchev–Trinajstić information content (AvgIpc) is 2.86. The van der Waals surface area contributed by atoms with E-state index in [0.29, 0.717) is 0 Å². The predicted octanol–water partition coefficient (Wildman–Crippen LogP) is 4.42. The van der Waals surface area contributed by atoms with Crippen LogP contribution in [0.4, 0.5) is 14.5 Å². The highest BCUT2D eigenvalue weighted by Gasteiger charge is 2.33. The predicted molar refractivity (Wildman–Crippen MR) is 88.8 cm³/mol. The van der Waals surface area contributed by atoms with E-state index in [2.05, 4.69) is 0 Å². The first kappa shape index (κ1) is 16.0. The Morgan fingerprint density at radius 1 is 1.26 bits per heavy atom. The molecule has 0 aliphatic carbocycles. The molecule has 120 valence electrons. The van der Waals surface area contributed by atoms with Crippen LogP contribution in [0.15, 0.2) is 47.4 Å². The van der Waals surface area contributed by atoms with E-state index in [1.54, 1.807) is 11.8 Å². The molecule has 1 aliphatic rings. The van der Waals surface area contributed by atoms with Gasteiger partial charge in [-0.25, -0.2) is 8.78 Å². The molecule has 0 aromatic heterocycles. The van der Waals surface area contributed by atoms with Crippen molar-refractivity contribution in [3.63, 3.8) is 0 Å². The summed E-state index contributed by atoms with van der Waals surface area (Å²) in [6, 6.07) is 11.2. The number of hydrogen-bond acceptors (Lipinski definition) is 2. The number of fused-ring (bicyclic) bond motifs is 1. The second kappa shape index (κ2) is 6.32. The van der Waals surface area contributed by atoms with Gasteiger partial charge in [0, 0.05) is 16.6 Å². The van der Waals surface area contributed by atoms with E-state index in [4.69, 9.17) is 0 Å². The summed E-state index contributed by atoms with van der Waals surface area (Å²) in [6.45, 7) is 3.73. The molecule has 2 aromatic rings. The SMILES string of the molecule is C[C@H](Sc1cc(F)ccc1F)C(=O)N1c2ccccc2C[C@H]1C. The number of amides is 1. The van der Waals surface area contributed by atoms with Gasteiger partial charge >= 0.3 is 0 Å². The minimum Gasteiger partial charge on any atom is -0.308 e. The molecule has 0 fully saturated rings. The standard InChI is InChI=1S/C18H17F2NOS/c1-11-9-13-5-3-4-6-16(13)21(11)18(22)12(2)23-17-10-14(19)7-8-15(17)20/h3-8,10-12H,9H2,1-2H3/t11-,12+/m1/s1. The fourth-order valence-corrected chi connectivity index (χ4v) is 3.86. The van der Waals surface area contributed by atoms with E-state index in [1.807, 2.05) is 31.2 Å². The highest BCUT2D eigenvalue weighted by atomic mass is 32.2. The van der Waals surface area contributed by atoms with Crippen molar-refractivity contribution in [2.45, 2.75) is 36.5 Å². The molecule has 0 bridgehead atoms. The number of carbonyl (C=O) groups excluding carboxylic acids is 1. The molecule has 3 rings (SSSR count). The number of rotatable bonds is 3. The smallest absolute Gasteiger partial charge is 0.240 e. The zero-order valence-corrected chi connectivity index (χ0v) is 13.7. The number of nitrogens with zero attached hydrogens (tertiary/aromatic N) is 1. The zero-order chi connectivity index (χ0) is 16.6. The van der Waals surface area contributed by atoms with Crippen molar-refractivity contribution in [2.75, 3.05) is 4.90 Å². The quantitative estimate of drug-likeness (QED) is 0.775. The summed E-state index contributed by atoms with van der Waals surface area (Å²) < 4.78 is 27.1. The van der Waals surface area contributed by atoms with Crippen molar-refractivity contribution in [3.8, 4) is 0 Å². The van der Waals surface area contributed by atoms with Crippen molar-refractivity contribution in [3.05, 3.63) is 59.7 Å². The van der Waals surface area contributed by atoms with Crippen LogP contribution in [-0.4, -0.2) is 17.2 Å². The number of carbonyl (C=O) groups is 1. The monoisotopic (exact) mass is 333 g/mol. The van der Waals surface area contributed by atoms with Crippen LogP contribution in [0.3, 0.4) is 0 Å². The lowest BCUT2D eigenvalue weighted by atomic mass is 10.1. The molecule has 0 saturated carbocycles. The maximum Gasteiger partial charge on any atom is 0.240 e. The summed E-state index contributed by atoms with van der Waals surface area (Å²) in [6.07, 6.45) is 0.813. The minimum absolute atomic E-state index is 0.0697. The van der Waals surface area contributed by atoms with Crippen LogP contribution in [0.2, 0.25) is 0 Å². The first-order chi connectivity index (χ1) is 11.0. The summed E-state index contributed by atoms with van der Waals surface area (Å²) in [7, 11) is 0. The molecule has 2 aromatic carbocycles. The van der Waals surface area contributed by atoms with Crippen molar-refractivity contribution in [1.82, 2.24) is 0 Å². The minimum atomic E-state index is -0.508. The van der Waals surface area contributed by atoms with Gasteiger partial charge in [0.1, 0.15) is 11.6 Å². The summed E-state index contributed by atoms with van der Waals surface area (Å²) in [5, 5.41) is -0.500. The average molecular weight is 333 g/mol. The van der Waals surface area contributed by atoms with E-state index in [9.17, 15) is 13.6 Å². The maximum atomic E-state index is 13.8. The molecule has 0 unspecified atom stereocenters. The second-order valence-electron chi connectivity index (χ2n) is 5.72. The van der Waals surface area contributed by atoms with E-state index < -0.39 is 16.9 Å². The number of anilines is 1. The Morgan fingerprint density at radius 3 is 2.78 bits per heavy atom. The normalized spacial score (nSPS) is 17.9. The molecule has 1 heterocycles. The molecule has 5 heteroatoms. The summed E-state index contributed by atoms with van der Waals surface area (Å²) in [4.78, 5) is 14.7. The van der Waals surface area contributed by atoms with Crippen LogP contribution < -0.4 is 4.90 Å². The Kier molecular flexibility index (Phi) is 4.39. The van der Waals surface area contributed by atoms with Gasteiger partial charge in [-0.1, -0.05) is 18.2 Å². The molecule has 0 radical (unpaired) electrons. The number of thioether (sulfide) groups is 1. The van der Waals surface area contributed by atoms with E-state index in [1.165, 1.54) is 0 Å². The highest BCUT2D eigenvalue weighted by Crippen LogP contribution is 2.35. The van der Waals surface area contributed by atoms with Crippen LogP contribution in [-0.2, 0) is 11.2 Å². The van der Waals surface area contributed by atoms with Gasteiger partial charge in [0.15, 0.2) is 0 Å². The van der Waals surface area contributed by atoms with Crippen molar-refractivity contribution in [1.29, 1.82) is 0 Å². The molecule has 2 atom stereocenters. The highest BCUT2D eigenvalue weighted by molar-refractivity contribution is 8.00. The Hall–Kier alpha value is -1.88. The third-order valence-electron chi connectivity index (χ3n) is 3.99. The van der Waals surface area contributed by atoms with Crippen molar-refractivity contribution < 1.29 is 13.6 Å². The molecule has 1 aliphatic heterocycles. The van der Waals surface area contributed by atoms with Gasteiger partial charge in [-0.05, 0) is 50.1 Å². The fraction of sp³-hybridized carbons (Fsp3) is 0.278. The molecule has 0 spiro atoms. The Bertz CT molecular complexity index is 750. The molecule has 23 heavy (non-hydrogen) atoms. The van der Waals surface area contributed by atoms with Crippen LogP contribution in [0.1, 0.15) is 19.4 Å². The number of hydrogen-bond donors (Lipinski definition) is 0. The van der Waals surface area contributed by atoms with Crippen LogP contribution in [0.25, 0.3) is 0 Å². The van der Waals surface area contributed by atoms with Crippen molar-refractivity contribution in [2.24, 2.45) is 0 Å². The van der Waals surface area contributed by atoms with Crippen LogP contribution in [0.5, 0.6) is 0 Å². The topological polar surface area (TPSA) is 20.3 Å². The third-order valence-corrected chi connectivity index (χ3v) is 5.11. The number of benzene rings is 2. The van der Waals surface area contributed by atoms with Crippen LogP contribution in [0, 0.1) is 11.6 Å². The lowest BCUT2D eigenvalue weighted by Gasteiger charge is -2.26. The first-order valence-electron chi connectivity index (χ1n) is 7.50. The number of halogens is 2. The molecule has 0 N–H and O–H groups in total. The summed E-state index contributed by atoms with van der Waals surface area (Å²) in [5.41, 5.74) is 2.06. The fourth-order valence-electron chi connectivity index (χ4n) is 2.91. The van der Waals surface area contributed by atoms with Crippen molar-refractivity contribution >= 4 is 23.4 Å². The Morgan fingerprint density at radius 2 is 2.00 bits per heavy atom. The van der Waals surface area contributed by atoms with E-state index in [-0.39, 0.29) is 16.8 Å². The van der Waals surface area contributed by atoms with E-state index in [0.717, 1.165) is 47.6 Å². The molecule has 1 amide bonds. The van der Waals surface area contributed by atoms with Gasteiger partial charge in [-0.2, -0.15) is 0 Å². The number of para-hydroxylation sites is 1. The molecular formula is C18H17F2NOS. The second-order valence-corrected chi connectivity index (χ2v) is 7.11. The van der Waals surface area contributed by atoms with Gasteiger partial charge in [-0.3, -0.25) is 4.79 Å². The largest absolute Gasteiger partial charge is 0.308 e. The van der Waals surface area contributed by atoms with Gasteiger partial charge in [-0.15, -0.1) is 11.8 Å². The molecule has 0 saturated heterocycles. The summed E-state index contributed by atoms with van der Waals surface area (Å²) in [5.74, 6) is -1.10.